The normalized spacial score (nSPS) is 11.5. The van der Waals surface area contributed by atoms with Crippen LogP contribution in [-0.2, 0) is 5.41 Å². The Labute approximate surface area is 117 Å². The van der Waals surface area contributed by atoms with Crippen LogP contribution in [0, 0.1) is 11.6 Å². The molecular weight excluding hydrogens is 260 g/mol. The highest BCUT2D eigenvalue weighted by Gasteiger charge is 2.20. The maximum Gasteiger partial charge on any atom is 0.168 e. The molecule has 0 saturated carbocycles. The van der Waals surface area contributed by atoms with Crippen LogP contribution in [0.15, 0.2) is 24.3 Å². The molecule has 1 aromatic heterocycles. The van der Waals surface area contributed by atoms with Gasteiger partial charge in [0.1, 0.15) is 11.6 Å². The summed E-state index contributed by atoms with van der Waals surface area (Å²) in [6.07, 6.45) is 0. The molecule has 5 heteroatoms. The molecule has 20 heavy (non-hydrogen) atoms. The van der Waals surface area contributed by atoms with Crippen LogP contribution in [0.3, 0.4) is 0 Å². The van der Waals surface area contributed by atoms with Crippen molar-refractivity contribution in [2.75, 3.05) is 12.4 Å². The van der Waals surface area contributed by atoms with E-state index in [0.717, 1.165) is 6.07 Å². The van der Waals surface area contributed by atoms with Gasteiger partial charge < -0.3 is 5.32 Å². The first-order chi connectivity index (χ1) is 9.32. The third kappa shape index (κ3) is 2.76. The summed E-state index contributed by atoms with van der Waals surface area (Å²) in [6.45, 7) is 5.90. The van der Waals surface area contributed by atoms with Gasteiger partial charge in [0.2, 0.25) is 0 Å². The fraction of sp³-hybridized carbons (Fsp3) is 0.333. The van der Waals surface area contributed by atoms with E-state index < -0.39 is 11.6 Å². The Morgan fingerprint density at radius 1 is 1.10 bits per heavy atom. The van der Waals surface area contributed by atoms with Crippen LogP contribution in [-0.4, -0.2) is 17.0 Å². The summed E-state index contributed by atoms with van der Waals surface area (Å²) in [5.41, 5.74) is 0.214. The molecule has 0 amide bonds. The molecule has 0 aliphatic rings. The molecule has 0 fully saturated rings. The number of nitrogens with zero attached hydrogens (tertiary/aromatic N) is 2. The molecule has 106 valence electrons. The molecular formula is C15H17F2N3. The Bertz CT molecular complexity index is 634. The van der Waals surface area contributed by atoms with Crippen molar-refractivity contribution in [1.29, 1.82) is 0 Å². The second-order valence-electron chi connectivity index (χ2n) is 5.56. The van der Waals surface area contributed by atoms with E-state index in [4.69, 9.17) is 0 Å². The van der Waals surface area contributed by atoms with Crippen molar-refractivity contribution in [1.82, 2.24) is 9.97 Å². The van der Waals surface area contributed by atoms with Crippen LogP contribution in [0.5, 0.6) is 0 Å². The number of hydrogen-bond acceptors (Lipinski definition) is 3. The van der Waals surface area contributed by atoms with E-state index in [-0.39, 0.29) is 11.0 Å². The second-order valence-corrected chi connectivity index (χ2v) is 5.56. The van der Waals surface area contributed by atoms with E-state index in [9.17, 15) is 8.78 Å². The number of benzene rings is 1. The van der Waals surface area contributed by atoms with Gasteiger partial charge in [-0.1, -0.05) is 26.8 Å². The van der Waals surface area contributed by atoms with Gasteiger partial charge in [-0.15, -0.1) is 0 Å². The Balaban J connectivity index is 2.65. The summed E-state index contributed by atoms with van der Waals surface area (Å²) >= 11 is 0. The first-order valence-corrected chi connectivity index (χ1v) is 6.34. The van der Waals surface area contributed by atoms with Gasteiger partial charge in [-0.05, 0) is 12.1 Å². The van der Waals surface area contributed by atoms with Crippen LogP contribution in [0.25, 0.3) is 11.3 Å². The summed E-state index contributed by atoms with van der Waals surface area (Å²) in [6, 6.07) is 5.66. The van der Waals surface area contributed by atoms with Gasteiger partial charge in [0.15, 0.2) is 11.6 Å². The van der Waals surface area contributed by atoms with Crippen molar-refractivity contribution in [3.63, 3.8) is 0 Å². The van der Waals surface area contributed by atoms with Crippen LogP contribution < -0.4 is 5.32 Å². The SMILES string of the molecule is CNc1cc(-c2cccc(F)c2F)nc(C(C)(C)C)n1. The highest BCUT2D eigenvalue weighted by molar-refractivity contribution is 5.63. The van der Waals surface area contributed by atoms with Crippen molar-refractivity contribution in [3.8, 4) is 11.3 Å². The summed E-state index contributed by atoms with van der Waals surface area (Å²) in [4.78, 5) is 8.73. The van der Waals surface area contributed by atoms with Gasteiger partial charge in [-0.3, -0.25) is 0 Å². The van der Waals surface area contributed by atoms with Gasteiger partial charge in [0.05, 0.1) is 5.69 Å². The number of anilines is 1. The molecule has 1 aromatic carbocycles. The lowest BCUT2D eigenvalue weighted by atomic mass is 9.95. The van der Waals surface area contributed by atoms with Crippen molar-refractivity contribution in [2.24, 2.45) is 0 Å². The Kier molecular flexibility index (Phi) is 3.70. The first-order valence-electron chi connectivity index (χ1n) is 6.34. The molecule has 0 unspecified atom stereocenters. The second kappa shape index (κ2) is 5.15. The molecule has 0 atom stereocenters. The zero-order chi connectivity index (χ0) is 14.9. The lowest BCUT2D eigenvalue weighted by molar-refractivity contribution is 0.510. The van der Waals surface area contributed by atoms with Gasteiger partial charge >= 0.3 is 0 Å². The Morgan fingerprint density at radius 3 is 2.40 bits per heavy atom. The molecule has 0 spiro atoms. The van der Waals surface area contributed by atoms with E-state index in [2.05, 4.69) is 15.3 Å². The predicted octanol–water partition coefficient (Wildman–Crippen LogP) is 3.76. The van der Waals surface area contributed by atoms with Crippen molar-refractivity contribution < 1.29 is 8.78 Å². The average Bonchev–Trinajstić information content (AvgIpc) is 2.40. The number of nitrogens with one attached hydrogen (secondary N) is 1. The molecule has 2 rings (SSSR count). The standard InChI is InChI=1S/C15H17F2N3/c1-15(2,3)14-19-11(8-12(18-4)20-14)9-6-5-7-10(16)13(9)17/h5-8H,1-4H3,(H,18,19,20). The van der Waals surface area contributed by atoms with Gasteiger partial charge in [-0.2, -0.15) is 0 Å². The topological polar surface area (TPSA) is 37.8 Å². The minimum atomic E-state index is -0.895. The van der Waals surface area contributed by atoms with E-state index in [1.54, 1.807) is 13.1 Å². The smallest absolute Gasteiger partial charge is 0.168 e. The number of hydrogen-bond donors (Lipinski definition) is 1. The van der Waals surface area contributed by atoms with E-state index in [1.165, 1.54) is 12.1 Å². The summed E-state index contributed by atoms with van der Waals surface area (Å²) < 4.78 is 27.2. The molecule has 2 aromatic rings. The first kappa shape index (κ1) is 14.4. The monoisotopic (exact) mass is 277 g/mol. The van der Waals surface area contributed by atoms with Crippen molar-refractivity contribution in [3.05, 3.63) is 41.7 Å². The fourth-order valence-corrected chi connectivity index (χ4v) is 1.75. The van der Waals surface area contributed by atoms with Crippen LogP contribution in [0.2, 0.25) is 0 Å². The summed E-state index contributed by atoms with van der Waals surface area (Å²) in [5, 5.41) is 2.92. The van der Waals surface area contributed by atoms with Gasteiger partial charge in [-0.25, -0.2) is 18.7 Å². The lowest BCUT2D eigenvalue weighted by Gasteiger charge is -2.18. The molecule has 0 saturated heterocycles. The maximum atomic E-state index is 13.9. The zero-order valence-corrected chi connectivity index (χ0v) is 12.0. The quantitative estimate of drug-likeness (QED) is 0.908. The van der Waals surface area contributed by atoms with Crippen LogP contribution in [0.4, 0.5) is 14.6 Å². The maximum absolute atomic E-state index is 13.9. The fourth-order valence-electron chi connectivity index (χ4n) is 1.75. The molecule has 0 aliphatic carbocycles. The third-order valence-corrected chi connectivity index (χ3v) is 2.88. The average molecular weight is 277 g/mol. The van der Waals surface area contributed by atoms with E-state index in [1.807, 2.05) is 20.8 Å². The molecule has 0 bridgehead atoms. The van der Waals surface area contributed by atoms with Crippen molar-refractivity contribution >= 4 is 5.82 Å². The molecule has 0 aliphatic heterocycles. The predicted molar refractivity (Wildman–Crippen MR) is 75.6 cm³/mol. The minimum absolute atomic E-state index is 0.134. The van der Waals surface area contributed by atoms with Crippen LogP contribution >= 0.6 is 0 Å². The molecule has 0 radical (unpaired) electrons. The number of rotatable bonds is 2. The largest absolute Gasteiger partial charge is 0.373 e. The third-order valence-electron chi connectivity index (χ3n) is 2.88. The zero-order valence-electron chi connectivity index (χ0n) is 12.0. The minimum Gasteiger partial charge on any atom is -0.373 e. The van der Waals surface area contributed by atoms with Gasteiger partial charge in [0, 0.05) is 24.1 Å². The lowest BCUT2D eigenvalue weighted by Crippen LogP contribution is -2.17. The highest BCUT2D eigenvalue weighted by Crippen LogP contribution is 2.27. The molecule has 1 N–H and O–H groups in total. The Morgan fingerprint density at radius 2 is 1.80 bits per heavy atom. The van der Waals surface area contributed by atoms with Crippen molar-refractivity contribution in [2.45, 2.75) is 26.2 Å². The highest BCUT2D eigenvalue weighted by atomic mass is 19.2. The summed E-state index contributed by atoms with van der Waals surface area (Å²) in [5.74, 6) is -0.635. The number of halogens is 2. The molecule has 3 nitrogen and oxygen atoms in total. The van der Waals surface area contributed by atoms with E-state index >= 15 is 0 Å². The van der Waals surface area contributed by atoms with Gasteiger partial charge in [0.25, 0.3) is 0 Å². The van der Waals surface area contributed by atoms with E-state index in [0.29, 0.717) is 17.3 Å². The number of aromatic nitrogens is 2. The molecule has 1 heterocycles. The Hall–Kier alpha value is -2.04. The van der Waals surface area contributed by atoms with Crippen LogP contribution in [0.1, 0.15) is 26.6 Å². The summed E-state index contributed by atoms with van der Waals surface area (Å²) in [7, 11) is 1.72.